The van der Waals surface area contributed by atoms with E-state index >= 15 is 0 Å². The van der Waals surface area contributed by atoms with Crippen molar-refractivity contribution < 1.29 is 28.7 Å². The zero-order valence-electron chi connectivity index (χ0n) is 30.0. The minimum Gasteiger partial charge on any atom is -0.370 e. The van der Waals surface area contributed by atoms with Crippen LogP contribution in [0.5, 0.6) is 0 Å². The molecule has 3 rings (SSSR count). The lowest BCUT2D eigenvalue weighted by Crippen LogP contribution is -2.53. The van der Waals surface area contributed by atoms with E-state index in [9.17, 15) is 19.2 Å². The number of hydrogen-bond acceptors (Lipinski definition) is 10. The van der Waals surface area contributed by atoms with Gasteiger partial charge in [0.25, 0.3) is 0 Å². The number of aliphatic imine (C=N–C) groups is 2. The second-order valence-electron chi connectivity index (χ2n) is 13.7. The number of unbranched alkanes of at least 4 members (excludes halogenated alkanes) is 4. The van der Waals surface area contributed by atoms with E-state index in [1.807, 2.05) is 0 Å². The molecular formula is C33H62N12O6. The molecule has 8 unspecified atom stereocenters. The summed E-state index contributed by atoms with van der Waals surface area (Å²) in [6.45, 7) is 3.60. The first kappa shape index (κ1) is 41.7. The molecule has 3 aliphatic rings. The van der Waals surface area contributed by atoms with Crippen LogP contribution in [0.3, 0.4) is 0 Å². The molecule has 2 aliphatic carbocycles. The number of nitrogens with one attached hydrogen (secondary N) is 4. The van der Waals surface area contributed by atoms with Crippen molar-refractivity contribution >= 4 is 35.5 Å². The van der Waals surface area contributed by atoms with E-state index in [1.54, 1.807) is 0 Å². The summed E-state index contributed by atoms with van der Waals surface area (Å²) in [5.41, 5.74) is 33.2. The Labute approximate surface area is 300 Å². The van der Waals surface area contributed by atoms with Gasteiger partial charge in [0.1, 0.15) is 0 Å². The van der Waals surface area contributed by atoms with Crippen molar-refractivity contribution in [2.45, 2.75) is 108 Å². The summed E-state index contributed by atoms with van der Waals surface area (Å²) in [6.07, 6.45) is 8.05. The Kier molecular flexibility index (Phi) is 17.6. The van der Waals surface area contributed by atoms with Gasteiger partial charge in [-0.3, -0.25) is 29.2 Å². The van der Waals surface area contributed by atoms with Gasteiger partial charge < -0.3 is 65.1 Å². The third-order valence-corrected chi connectivity index (χ3v) is 9.84. The summed E-state index contributed by atoms with van der Waals surface area (Å²) in [5.74, 6) is -2.91. The first-order valence-corrected chi connectivity index (χ1v) is 18.5. The average Bonchev–Trinajstić information content (AvgIpc) is 3.79. The van der Waals surface area contributed by atoms with Gasteiger partial charge in [0, 0.05) is 51.1 Å². The maximum absolute atomic E-state index is 13.7. The van der Waals surface area contributed by atoms with Gasteiger partial charge in [0.15, 0.2) is 18.2 Å². The molecule has 290 valence electrons. The Morgan fingerprint density at radius 3 is 1.51 bits per heavy atom. The lowest BCUT2D eigenvalue weighted by molar-refractivity contribution is -0.140. The Bertz CT molecular complexity index is 1110. The fourth-order valence-corrected chi connectivity index (χ4v) is 7.35. The number of nitrogens with zero attached hydrogens (tertiary/aromatic N) is 2. The third-order valence-electron chi connectivity index (χ3n) is 9.84. The highest BCUT2D eigenvalue weighted by molar-refractivity contribution is 5.89. The molecule has 2 saturated carbocycles. The SMILES string of the molecule is CCCCCCCC1OC2C3CC(C2O1)C(C(=O)NCCNC(=O)C(N)CCCN=C(N)N)C3C(=O)NCCNC(=O)C(N)CCCN=C(N)N. The fraction of sp³-hybridized carbons (Fsp3) is 0.818. The van der Waals surface area contributed by atoms with E-state index in [0.717, 1.165) is 19.3 Å². The van der Waals surface area contributed by atoms with Crippen molar-refractivity contribution in [3.05, 3.63) is 0 Å². The summed E-state index contributed by atoms with van der Waals surface area (Å²) in [7, 11) is 0. The van der Waals surface area contributed by atoms with Crippen LogP contribution in [0.2, 0.25) is 0 Å². The Morgan fingerprint density at radius 2 is 1.08 bits per heavy atom. The Morgan fingerprint density at radius 1 is 0.647 bits per heavy atom. The molecule has 51 heavy (non-hydrogen) atoms. The first-order valence-electron chi connectivity index (χ1n) is 18.5. The highest BCUT2D eigenvalue weighted by Crippen LogP contribution is 2.57. The maximum Gasteiger partial charge on any atom is 0.236 e. The van der Waals surface area contributed by atoms with Crippen molar-refractivity contribution in [3.8, 4) is 0 Å². The quantitative estimate of drug-likeness (QED) is 0.0282. The predicted octanol–water partition coefficient (Wildman–Crippen LogP) is -2.43. The van der Waals surface area contributed by atoms with Gasteiger partial charge in [0.05, 0.1) is 36.1 Å². The van der Waals surface area contributed by atoms with Crippen LogP contribution in [-0.2, 0) is 28.7 Å². The number of nitrogens with two attached hydrogens (primary N) is 6. The van der Waals surface area contributed by atoms with Gasteiger partial charge in [-0.25, -0.2) is 0 Å². The number of rotatable bonds is 24. The van der Waals surface area contributed by atoms with Gasteiger partial charge in [-0.1, -0.05) is 32.6 Å². The topological polar surface area (TPSA) is 316 Å². The smallest absolute Gasteiger partial charge is 0.236 e. The Balaban J connectivity index is 1.53. The second kappa shape index (κ2) is 21.6. The molecule has 1 saturated heterocycles. The standard InChI is InChI=1S/C33H62N12O6/c1-2-3-4-5-6-11-23-50-26-19-18-20(27(26)51-23)25(31(49)43-17-15-41-29(47)22(35)10-8-13-45-33(38)39)24(19)30(48)42-16-14-40-28(46)21(34)9-7-12-44-32(36)37/h19-27H,2-18,34-35H2,1H3,(H,40,46)(H,41,47)(H,42,48)(H,43,49)(H4,36,37,44)(H4,38,39,45). The first-order chi connectivity index (χ1) is 24.4. The minimum absolute atomic E-state index is 0.0163. The molecule has 0 aromatic rings. The number of carbonyl (C=O) groups excluding carboxylic acids is 4. The molecule has 0 spiro atoms. The molecule has 0 aromatic heterocycles. The molecule has 1 heterocycles. The molecule has 3 fully saturated rings. The van der Waals surface area contributed by atoms with Crippen LogP contribution in [-0.4, -0.2) is 105 Å². The van der Waals surface area contributed by atoms with Crippen molar-refractivity contribution in [2.75, 3.05) is 39.3 Å². The van der Waals surface area contributed by atoms with Crippen molar-refractivity contribution in [2.24, 2.45) is 68.1 Å². The van der Waals surface area contributed by atoms with Gasteiger partial charge in [-0.2, -0.15) is 0 Å². The fourth-order valence-electron chi connectivity index (χ4n) is 7.35. The van der Waals surface area contributed by atoms with Crippen LogP contribution in [0.25, 0.3) is 0 Å². The van der Waals surface area contributed by atoms with Crippen LogP contribution in [0, 0.1) is 23.7 Å². The molecule has 18 heteroatoms. The van der Waals surface area contributed by atoms with Crippen molar-refractivity contribution in [3.63, 3.8) is 0 Å². The molecule has 16 N–H and O–H groups in total. The number of guanidine groups is 2. The van der Waals surface area contributed by atoms with Crippen LogP contribution in [0.15, 0.2) is 9.98 Å². The lowest BCUT2D eigenvalue weighted by Gasteiger charge is -2.34. The van der Waals surface area contributed by atoms with Gasteiger partial charge >= 0.3 is 0 Å². The molecule has 2 bridgehead atoms. The molecular weight excluding hydrogens is 660 g/mol. The molecule has 8 atom stereocenters. The predicted molar refractivity (Wildman–Crippen MR) is 193 cm³/mol. The van der Waals surface area contributed by atoms with E-state index in [4.69, 9.17) is 43.9 Å². The number of hydrogen-bond donors (Lipinski definition) is 10. The summed E-state index contributed by atoms with van der Waals surface area (Å²) in [6, 6.07) is -1.47. The third kappa shape index (κ3) is 13.1. The van der Waals surface area contributed by atoms with E-state index in [1.165, 1.54) is 19.3 Å². The minimum atomic E-state index is -0.735. The summed E-state index contributed by atoms with van der Waals surface area (Å²) in [4.78, 5) is 60.0. The van der Waals surface area contributed by atoms with Crippen LogP contribution in [0.1, 0.15) is 77.6 Å². The summed E-state index contributed by atoms with van der Waals surface area (Å²) >= 11 is 0. The highest BCUT2D eigenvalue weighted by Gasteiger charge is 2.66. The van der Waals surface area contributed by atoms with E-state index < -0.39 is 23.9 Å². The maximum atomic E-state index is 13.7. The normalized spacial score (nSPS) is 25.7. The van der Waals surface area contributed by atoms with Gasteiger partial charge in [-0.05, 0) is 44.9 Å². The van der Waals surface area contributed by atoms with E-state index in [2.05, 4.69) is 38.2 Å². The van der Waals surface area contributed by atoms with Crippen LogP contribution >= 0.6 is 0 Å². The number of fused-ring (bicyclic) bond motifs is 5. The molecule has 0 aromatic carbocycles. The second-order valence-corrected chi connectivity index (χ2v) is 13.7. The number of amides is 4. The van der Waals surface area contributed by atoms with Crippen LogP contribution in [0.4, 0.5) is 0 Å². The van der Waals surface area contributed by atoms with Gasteiger partial charge in [-0.15, -0.1) is 0 Å². The zero-order chi connectivity index (χ0) is 37.3. The van der Waals surface area contributed by atoms with Crippen LogP contribution < -0.4 is 55.7 Å². The zero-order valence-corrected chi connectivity index (χ0v) is 30.0. The lowest BCUT2D eigenvalue weighted by atomic mass is 9.75. The molecule has 18 nitrogen and oxygen atoms in total. The molecule has 4 amide bonds. The van der Waals surface area contributed by atoms with Crippen molar-refractivity contribution in [1.29, 1.82) is 0 Å². The average molecular weight is 723 g/mol. The van der Waals surface area contributed by atoms with Crippen molar-refractivity contribution in [1.82, 2.24) is 21.3 Å². The van der Waals surface area contributed by atoms with E-state index in [0.29, 0.717) is 45.2 Å². The molecule has 0 radical (unpaired) electrons. The largest absolute Gasteiger partial charge is 0.370 e. The Hall–Kier alpha value is -3.74. The molecule has 1 aliphatic heterocycles. The summed E-state index contributed by atoms with van der Waals surface area (Å²) < 4.78 is 12.7. The summed E-state index contributed by atoms with van der Waals surface area (Å²) in [5, 5.41) is 11.3. The highest BCUT2D eigenvalue weighted by atomic mass is 16.7. The number of ether oxygens (including phenoxy) is 2. The monoisotopic (exact) mass is 722 g/mol. The van der Waals surface area contributed by atoms with Gasteiger partial charge in [0.2, 0.25) is 23.6 Å². The number of carbonyl (C=O) groups is 4. The van der Waals surface area contributed by atoms with E-state index in [-0.39, 0.29) is 92.1 Å².